The molecule has 3 rings (SSSR count). The number of nitrogens with zero attached hydrogens (tertiary/aromatic N) is 1. The summed E-state index contributed by atoms with van der Waals surface area (Å²) < 4.78 is 31.9. The fourth-order valence-corrected chi connectivity index (χ4v) is 4.15. The molecule has 0 bridgehead atoms. The average molecular weight is 421 g/mol. The molecule has 2 atom stereocenters. The summed E-state index contributed by atoms with van der Waals surface area (Å²) in [7, 11) is 0. The summed E-state index contributed by atoms with van der Waals surface area (Å²) >= 11 is 1.17. The van der Waals surface area contributed by atoms with Crippen molar-refractivity contribution in [1.29, 1.82) is 0 Å². The van der Waals surface area contributed by atoms with E-state index in [1.807, 2.05) is 12.1 Å². The van der Waals surface area contributed by atoms with Gasteiger partial charge in [0, 0.05) is 31.1 Å². The summed E-state index contributed by atoms with van der Waals surface area (Å²) in [5.41, 5.74) is 2.25. The van der Waals surface area contributed by atoms with Gasteiger partial charge in [0.1, 0.15) is 0 Å². The number of hydrogen-bond acceptors (Lipinski definition) is 4. The number of rotatable bonds is 7. The minimum Gasteiger partial charge on any atom is -0.373 e. The third kappa shape index (κ3) is 6.80. The van der Waals surface area contributed by atoms with Gasteiger partial charge in [-0.25, -0.2) is 8.78 Å². The molecule has 0 aromatic heterocycles. The number of morpholine rings is 1. The number of hydrogen-bond donors (Lipinski definition) is 1. The molecule has 0 radical (unpaired) electrons. The Bertz CT molecular complexity index is 822. The van der Waals surface area contributed by atoms with Crippen molar-refractivity contribution < 1.29 is 18.3 Å². The van der Waals surface area contributed by atoms with Gasteiger partial charge in [-0.1, -0.05) is 24.3 Å². The largest absolute Gasteiger partial charge is 0.373 e. The second-order valence-electron chi connectivity index (χ2n) is 7.41. The topological polar surface area (TPSA) is 41.6 Å². The summed E-state index contributed by atoms with van der Waals surface area (Å²) in [6.07, 6.45) is 0.495. The van der Waals surface area contributed by atoms with Crippen molar-refractivity contribution in [3.8, 4) is 0 Å². The van der Waals surface area contributed by atoms with Crippen LogP contribution in [0.2, 0.25) is 0 Å². The van der Waals surface area contributed by atoms with Gasteiger partial charge in [-0.15, -0.1) is 11.8 Å². The van der Waals surface area contributed by atoms with E-state index in [1.165, 1.54) is 23.4 Å². The van der Waals surface area contributed by atoms with Crippen LogP contribution in [0.25, 0.3) is 0 Å². The van der Waals surface area contributed by atoms with Crippen molar-refractivity contribution >= 4 is 17.7 Å². The van der Waals surface area contributed by atoms with E-state index < -0.39 is 11.6 Å². The molecular weight excluding hydrogens is 394 g/mol. The number of amides is 1. The molecule has 0 spiro atoms. The Kier molecular flexibility index (Phi) is 7.64. The molecule has 1 amide bonds. The molecular formula is C22H26F2N2O2S. The molecule has 1 saturated heterocycles. The van der Waals surface area contributed by atoms with E-state index in [9.17, 15) is 13.6 Å². The number of benzene rings is 2. The Morgan fingerprint density at radius 3 is 2.38 bits per heavy atom. The van der Waals surface area contributed by atoms with E-state index in [4.69, 9.17) is 4.74 Å². The summed E-state index contributed by atoms with van der Waals surface area (Å²) in [6, 6.07) is 11.8. The Hall–Kier alpha value is -1.96. The second-order valence-corrected chi connectivity index (χ2v) is 8.46. The number of ether oxygens (including phenoxy) is 1. The molecule has 156 valence electrons. The van der Waals surface area contributed by atoms with Gasteiger partial charge in [-0.2, -0.15) is 0 Å². The Balaban J connectivity index is 1.42. The van der Waals surface area contributed by atoms with Crippen LogP contribution >= 0.6 is 11.8 Å². The maximum Gasteiger partial charge on any atom is 0.230 e. The van der Waals surface area contributed by atoms with E-state index in [1.54, 1.807) is 0 Å². The molecule has 4 nitrogen and oxygen atoms in total. The summed E-state index contributed by atoms with van der Waals surface area (Å²) in [4.78, 5) is 14.9. The minimum atomic E-state index is -0.906. The zero-order valence-corrected chi connectivity index (χ0v) is 17.5. The van der Waals surface area contributed by atoms with Gasteiger partial charge in [-0.05, 0) is 43.2 Å². The molecule has 0 aliphatic carbocycles. The molecule has 1 aliphatic rings. The van der Waals surface area contributed by atoms with Gasteiger partial charge in [0.25, 0.3) is 0 Å². The van der Waals surface area contributed by atoms with Crippen molar-refractivity contribution in [2.45, 2.75) is 44.0 Å². The lowest BCUT2D eigenvalue weighted by atomic mass is 10.1. The number of carbonyl (C=O) groups excluding carboxylic acids is 1. The predicted octanol–water partition coefficient (Wildman–Crippen LogP) is 3.98. The standard InChI is InChI=1S/C22H26F2N2O2S/c1-15-11-26(12-16(2)28-15)13-18-5-3-17(4-6-18)10-25-22(27)14-29-19-7-8-20(23)21(24)9-19/h3-9,15-16H,10-14H2,1-2H3,(H,25,27). The monoisotopic (exact) mass is 420 g/mol. The third-order valence-electron chi connectivity index (χ3n) is 4.68. The number of thioether (sulfide) groups is 1. The fourth-order valence-electron chi connectivity index (χ4n) is 3.40. The van der Waals surface area contributed by atoms with Crippen molar-refractivity contribution in [2.75, 3.05) is 18.8 Å². The molecule has 29 heavy (non-hydrogen) atoms. The first-order chi connectivity index (χ1) is 13.9. The Morgan fingerprint density at radius 2 is 1.72 bits per heavy atom. The van der Waals surface area contributed by atoms with Crippen LogP contribution in [0.1, 0.15) is 25.0 Å². The smallest absolute Gasteiger partial charge is 0.230 e. The van der Waals surface area contributed by atoms with Crippen LogP contribution in [0.4, 0.5) is 8.78 Å². The molecule has 1 aliphatic heterocycles. The lowest BCUT2D eigenvalue weighted by Crippen LogP contribution is -2.44. The van der Waals surface area contributed by atoms with E-state index >= 15 is 0 Å². The highest BCUT2D eigenvalue weighted by Crippen LogP contribution is 2.20. The second kappa shape index (κ2) is 10.2. The van der Waals surface area contributed by atoms with Gasteiger partial charge in [0.2, 0.25) is 5.91 Å². The molecule has 2 unspecified atom stereocenters. The SMILES string of the molecule is CC1CN(Cc2ccc(CNC(=O)CSc3ccc(F)c(F)c3)cc2)CC(C)O1. The van der Waals surface area contributed by atoms with Gasteiger partial charge < -0.3 is 10.1 Å². The number of carbonyl (C=O) groups is 1. The highest BCUT2D eigenvalue weighted by atomic mass is 32.2. The van der Waals surface area contributed by atoms with E-state index in [0.717, 1.165) is 37.3 Å². The maximum atomic E-state index is 13.2. The van der Waals surface area contributed by atoms with Crippen molar-refractivity contribution in [1.82, 2.24) is 10.2 Å². The van der Waals surface area contributed by atoms with Crippen molar-refractivity contribution in [3.05, 3.63) is 65.2 Å². The molecule has 1 heterocycles. The van der Waals surface area contributed by atoms with Crippen LogP contribution in [0, 0.1) is 11.6 Å². The van der Waals surface area contributed by atoms with Gasteiger partial charge in [-0.3, -0.25) is 9.69 Å². The average Bonchev–Trinajstić information content (AvgIpc) is 2.67. The van der Waals surface area contributed by atoms with Crippen LogP contribution in [-0.2, 0) is 22.6 Å². The normalized spacial score (nSPS) is 19.9. The number of halogens is 2. The predicted molar refractivity (Wildman–Crippen MR) is 111 cm³/mol. The summed E-state index contributed by atoms with van der Waals surface area (Å²) in [5, 5.41) is 2.85. The minimum absolute atomic E-state index is 0.149. The van der Waals surface area contributed by atoms with E-state index in [-0.39, 0.29) is 23.9 Å². The number of nitrogens with one attached hydrogen (secondary N) is 1. The van der Waals surface area contributed by atoms with E-state index in [0.29, 0.717) is 11.4 Å². The van der Waals surface area contributed by atoms with Crippen LogP contribution in [0.15, 0.2) is 47.4 Å². The highest BCUT2D eigenvalue weighted by Gasteiger charge is 2.21. The quantitative estimate of drug-likeness (QED) is 0.688. The van der Waals surface area contributed by atoms with E-state index in [2.05, 4.69) is 36.2 Å². The first-order valence-electron chi connectivity index (χ1n) is 9.69. The molecule has 2 aromatic carbocycles. The molecule has 1 N–H and O–H groups in total. The van der Waals surface area contributed by atoms with Crippen molar-refractivity contribution in [3.63, 3.8) is 0 Å². The van der Waals surface area contributed by atoms with Gasteiger partial charge >= 0.3 is 0 Å². The molecule has 0 saturated carbocycles. The third-order valence-corrected chi connectivity index (χ3v) is 5.67. The van der Waals surface area contributed by atoms with Crippen LogP contribution < -0.4 is 5.32 Å². The summed E-state index contributed by atoms with van der Waals surface area (Å²) in [6.45, 7) is 7.37. The van der Waals surface area contributed by atoms with Crippen LogP contribution in [-0.4, -0.2) is 41.9 Å². The maximum absolute atomic E-state index is 13.2. The van der Waals surface area contributed by atoms with Gasteiger partial charge in [0.15, 0.2) is 11.6 Å². The van der Waals surface area contributed by atoms with Crippen molar-refractivity contribution in [2.24, 2.45) is 0 Å². The summed E-state index contributed by atoms with van der Waals surface area (Å²) in [5.74, 6) is -1.80. The fraction of sp³-hybridized carbons (Fsp3) is 0.409. The molecule has 1 fully saturated rings. The lowest BCUT2D eigenvalue weighted by molar-refractivity contribution is -0.118. The zero-order chi connectivity index (χ0) is 20.8. The first kappa shape index (κ1) is 21.7. The Labute approximate surface area is 174 Å². The molecule has 7 heteroatoms. The van der Waals surface area contributed by atoms with Crippen LogP contribution in [0.3, 0.4) is 0 Å². The lowest BCUT2D eigenvalue weighted by Gasteiger charge is -2.35. The highest BCUT2D eigenvalue weighted by molar-refractivity contribution is 8.00. The van der Waals surface area contributed by atoms with Crippen LogP contribution in [0.5, 0.6) is 0 Å². The van der Waals surface area contributed by atoms with Gasteiger partial charge in [0.05, 0.1) is 18.0 Å². The zero-order valence-electron chi connectivity index (χ0n) is 16.7. The molecule has 2 aromatic rings. The Morgan fingerprint density at radius 1 is 1.07 bits per heavy atom. The first-order valence-corrected chi connectivity index (χ1v) is 10.7.